The number of amides is 1. The molecule has 0 aromatic rings. The van der Waals surface area contributed by atoms with Crippen molar-refractivity contribution >= 4 is 5.91 Å². The van der Waals surface area contributed by atoms with Crippen LogP contribution in [-0.2, 0) is 9.53 Å². The topological polar surface area (TPSA) is 65.6 Å². The third-order valence-corrected chi connectivity index (χ3v) is 9.79. The molecule has 0 spiro atoms. The number of halogens is 3. The maximum absolute atomic E-state index is 14.2. The Morgan fingerprint density at radius 2 is 1.95 bits per heavy atom. The second-order valence-corrected chi connectivity index (χ2v) is 12.7. The minimum atomic E-state index is -4.26. The zero-order valence-corrected chi connectivity index (χ0v) is 23.6. The Balaban J connectivity index is 1.38. The van der Waals surface area contributed by atoms with E-state index in [9.17, 15) is 18.0 Å². The molecule has 0 aromatic heterocycles. The van der Waals surface area contributed by atoms with Crippen molar-refractivity contribution in [2.45, 2.75) is 96.9 Å². The molecule has 5 rings (SSSR count). The van der Waals surface area contributed by atoms with Crippen LogP contribution in [0.4, 0.5) is 13.2 Å². The van der Waals surface area contributed by atoms with E-state index in [1.54, 1.807) is 0 Å². The summed E-state index contributed by atoms with van der Waals surface area (Å²) in [5, 5.41) is 9.85. The highest BCUT2D eigenvalue weighted by atomic mass is 19.4. The van der Waals surface area contributed by atoms with E-state index in [0.29, 0.717) is 38.8 Å². The Hall–Kier alpha value is -2.26. The number of hydrogen-bond donors (Lipinski definition) is 3. The fraction of sp³-hybridized carbons (Fsp3) is 0.700. The molecule has 0 aromatic carbocycles. The molecule has 1 saturated heterocycles. The molecule has 0 radical (unpaired) electrons. The lowest BCUT2D eigenvalue weighted by atomic mass is 9.59. The lowest BCUT2D eigenvalue weighted by Crippen LogP contribution is -2.48. The molecule has 2 unspecified atom stereocenters. The molecule has 2 aliphatic carbocycles. The fourth-order valence-corrected chi connectivity index (χ4v) is 6.77. The van der Waals surface area contributed by atoms with E-state index in [4.69, 9.17) is 4.74 Å². The SMILES string of the molecule is CC1C=CC2=C(NC3=C(CC(C)([C@@]4(C)CCCOC4)C=C3)N(C(=O)C3CCC(N[C@@H](C)C(F)(F)F)CC3)C2)N1. The number of rotatable bonds is 4. The van der Waals surface area contributed by atoms with E-state index >= 15 is 0 Å². The standard InChI is InChI=1S/C30H43F3N4O2/c1-19-6-7-22-17-37(27(38)21-8-10-23(11-9-21)35-20(2)30(31,32)33)25-16-28(3,29(4)13-5-15-39-18-29)14-12-24(25)36-26(22)34-19/h6-7,12,14,19-21,23,34-36H,5,8-11,13,15-18H2,1-4H3/t19?,20-,21?,23?,28?,29-/m0/s1. The molecule has 5 aliphatic rings. The smallest absolute Gasteiger partial charge is 0.381 e. The normalized spacial score (nSPS) is 36.0. The number of dihydropyridines is 1. The highest BCUT2D eigenvalue weighted by Crippen LogP contribution is 2.52. The highest BCUT2D eigenvalue weighted by Gasteiger charge is 2.48. The minimum absolute atomic E-state index is 0.0417. The first-order valence-electron chi connectivity index (χ1n) is 14.5. The van der Waals surface area contributed by atoms with Crippen LogP contribution < -0.4 is 16.0 Å². The van der Waals surface area contributed by atoms with Crippen molar-refractivity contribution in [1.29, 1.82) is 0 Å². The number of ether oxygens (including phenoxy) is 1. The van der Waals surface area contributed by atoms with Crippen LogP contribution in [0, 0.1) is 16.7 Å². The second-order valence-electron chi connectivity index (χ2n) is 12.7. The Morgan fingerprint density at radius 3 is 2.62 bits per heavy atom. The molecule has 216 valence electrons. The van der Waals surface area contributed by atoms with Crippen LogP contribution in [0.1, 0.15) is 72.6 Å². The van der Waals surface area contributed by atoms with Crippen LogP contribution in [0.2, 0.25) is 0 Å². The third-order valence-electron chi connectivity index (χ3n) is 9.79. The van der Waals surface area contributed by atoms with Gasteiger partial charge in [0.05, 0.1) is 18.8 Å². The van der Waals surface area contributed by atoms with Gasteiger partial charge in [0.2, 0.25) is 5.91 Å². The zero-order valence-electron chi connectivity index (χ0n) is 23.6. The Kier molecular flexibility index (Phi) is 7.70. The first kappa shape index (κ1) is 28.3. The zero-order chi connectivity index (χ0) is 28.0. The van der Waals surface area contributed by atoms with Gasteiger partial charge < -0.3 is 25.6 Å². The summed E-state index contributed by atoms with van der Waals surface area (Å²) < 4.78 is 45.1. The van der Waals surface area contributed by atoms with Gasteiger partial charge >= 0.3 is 6.18 Å². The van der Waals surface area contributed by atoms with Crippen molar-refractivity contribution in [2.75, 3.05) is 19.8 Å². The Labute approximate surface area is 230 Å². The molecule has 9 heteroatoms. The van der Waals surface area contributed by atoms with Crippen LogP contribution in [0.5, 0.6) is 0 Å². The van der Waals surface area contributed by atoms with Gasteiger partial charge in [-0.3, -0.25) is 4.79 Å². The van der Waals surface area contributed by atoms with E-state index in [0.717, 1.165) is 48.7 Å². The fourth-order valence-electron chi connectivity index (χ4n) is 6.77. The predicted octanol–water partition coefficient (Wildman–Crippen LogP) is 5.27. The summed E-state index contributed by atoms with van der Waals surface area (Å²) in [7, 11) is 0. The van der Waals surface area contributed by atoms with Crippen molar-refractivity contribution in [1.82, 2.24) is 20.9 Å². The summed E-state index contributed by atoms with van der Waals surface area (Å²) in [6.45, 7) is 9.79. The van der Waals surface area contributed by atoms with Gasteiger partial charge in [0.1, 0.15) is 11.9 Å². The van der Waals surface area contributed by atoms with Crippen LogP contribution in [-0.4, -0.2) is 54.9 Å². The minimum Gasteiger partial charge on any atom is -0.381 e. The van der Waals surface area contributed by atoms with Gasteiger partial charge in [0.15, 0.2) is 0 Å². The number of nitrogens with one attached hydrogen (secondary N) is 3. The van der Waals surface area contributed by atoms with Gasteiger partial charge in [-0.1, -0.05) is 32.1 Å². The summed E-state index contributed by atoms with van der Waals surface area (Å²) in [6.07, 6.45) is 9.49. The average Bonchev–Trinajstić information content (AvgIpc) is 3.04. The first-order valence-corrected chi connectivity index (χ1v) is 14.5. The van der Waals surface area contributed by atoms with Gasteiger partial charge in [-0.05, 0) is 70.3 Å². The molecule has 0 bridgehead atoms. The Morgan fingerprint density at radius 1 is 1.21 bits per heavy atom. The summed E-state index contributed by atoms with van der Waals surface area (Å²) in [5.41, 5.74) is 2.76. The molecule has 4 atom stereocenters. The van der Waals surface area contributed by atoms with Gasteiger partial charge in [0.25, 0.3) is 0 Å². The molecule has 3 heterocycles. The van der Waals surface area contributed by atoms with E-state index in [2.05, 4.69) is 61.0 Å². The maximum atomic E-state index is 14.2. The van der Waals surface area contributed by atoms with Crippen molar-refractivity contribution in [3.05, 3.63) is 47.1 Å². The van der Waals surface area contributed by atoms with Crippen LogP contribution in [0.3, 0.4) is 0 Å². The molecule has 39 heavy (non-hydrogen) atoms. The van der Waals surface area contributed by atoms with E-state index in [-0.39, 0.29) is 34.7 Å². The van der Waals surface area contributed by atoms with Gasteiger partial charge in [-0.25, -0.2) is 0 Å². The molecule has 3 N–H and O–H groups in total. The van der Waals surface area contributed by atoms with E-state index in [1.165, 1.54) is 6.92 Å². The number of alkyl halides is 3. The van der Waals surface area contributed by atoms with Crippen molar-refractivity contribution in [2.24, 2.45) is 16.7 Å². The first-order chi connectivity index (χ1) is 18.4. The molecule has 3 aliphatic heterocycles. The van der Waals surface area contributed by atoms with E-state index < -0.39 is 12.2 Å². The molecule has 1 saturated carbocycles. The number of carbonyl (C=O) groups is 1. The quantitative estimate of drug-likeness (QED) is 0.447. The monoisotopic (exact) mass is 548 g/mol. The lowest BCUT2D eigenvalue weighted by Gasteiger charge is -2.50. The number of allylic oxidation sites excluding steroid dienone is 3. The van der Waals surface area contributed by atoms with Crippen LogP contribution in [0.15, 0.2) is 47.1 Å². The highest BCUT2D eigenvalue weighted by molar-refractivity contribution is 5.82. The van der Waals surface area contributed by atoms with Gasteiger partial charge in [0, 0.05) is 41.3 Å². The van der Waals surface area contributed by atoms with E-state index in [1.807, 2.05) is 4.90 Å². The predicted molar refractivity (Wildman–Crippen MR) is 145 cm³/mol. The molecular formula is C30H43F3N4O2. The van der Waals surface area contributed by atoms with Crippen molar-refractivity contribution in [3.63, 3.8) is 0 Å². The number of nitrogens with zero attached hydrogens (tertiary/aromatic N) is 1. The van der Waals surface area contributed by atoms with Crippen molar-refractivity contribution in [3.8, 4) is 0 Å². The number of carbonyl (C=O) groups excluding carboxylic acids is 1. The third kappa shape index (κ3) is 5.67. The van der Waals surface area contributed by atoms with Gasteiger partial charge in [-0.2, -0.15) is 13.2 Å². The molecule has 6 nitrogen and oxygen atoms in total. The van der Waals surface area contributed by atoms with Crippen molar-refractivity contribution < 1.29 is 22.7 Å². The molecular weight excluding hydrogens is 505 g/mol. The lowest BCUT2D eigenvalue weighted by molar-refractivity contribution is -0.154. The maximum Gasteiger partial charge on any atom is 0.403 e. The molecule has 1 amide bonds. The number of hydrogen-bond acceptors (Lipinski definition) is 5. The largest absolute Gasteiger partial charge is 0.403 e. The van der Waals surface area contributed by atoms with Crippen LogP contribution in [0.25, 0.3) is 0 Å². The van der Waals surface area contributed by atoms with Gasteiger partial charge in [-0.15, -0.1) is 0 Å². The summed E-state index contributed by atoms with van der Waals surface area (Å²) in [4.78, 5) is 16.2. The second kappa shape index (κ2) is 10.6. The summed E-state index contributed by atoms with van der Waals surface area (Å²) >= 11 is 0. The molecule has 2 fully saturated rings. The Bertz CT molecular complexity index is 1080. The summed E-state index contributed by atoms with van der Waals surface area (Å²) in [5.74, 6) is 0.808. The average molecular weight is 549 g/mol. The van der Waals surface area contributed by atoms with Crippen LogP contribution >= 0.6 is 0 Å². The summed E-state index contributed by atoms with van der Waals surface area (Å²) in [6, 6.07) is -1.59.